The molecular weight excluding hydrogens is 356 g/mol. The molecule has 1 aromatic carbocycles. The summed E-state index contributed by atoms with van der Waals surface area (Å²) < 4.78 is 6.13. The van der Waals surface area contributed by atoms with Gasteiger partial charge in [0.25, 0.3) is 0 Å². The summed E-state index contributed by atoms with van der Waals surface area (Å²) in [5, 5.41) is 6.86. The van der Waals surface area contributed by atoms with Crippen LogP contribution in [0.15, 0.2) is 41.4 Å². The van der Waals surface area contributed by atoms with Crippen molar-refractivity contribution >= 4 is 34.6 Å². The average Bonchev–Trinajstić information content (AvgIpc) is 3.27. The Labute approximate surface area is 157 Å². The molecule has 2 aromatic rings. The van der Waals surface area contributed by atoms with Crippen LogP contribution in [0.2, 0.25) is 4.34 Å². The van der Waals surface area contributed by atoms with Gasteiger partial charge in [0.2, 0.25) is 0 Å². The summed E-state index contributed by atoms with van der Waals surface area (Å²) in [5.41, 5.74) is 1.19. The first-order valence-electron chi connectivity index (χ1n) is 8.28. The molecule has 5 nitrogen and oxygen atoms in total. The molecule has 1 atom stereocenters. The van der Waals surface area contributed by atoms with Crippen LogP contribution >= 0.6 is 22.9 Å². The molecule has 134 valence electrons. The number of methoxy groups -OCH3 is 1. The van der Waals surface area contributed by atoms with Crippen molar-refractivity contribution in [2.75, 3.05) is 32.1 Å². The lowest BCUT2D eigenvalue weighted by molar-refractivity contribution is 0.415. The molecule has 1 aliphatic heterocycles. The minimum Gasteiger partial charge on any atom is -0.497 e. The van der Waals surface area contributed by atoms with Crippen molar-refractivity contribution in [1.29, 1.82) is 0 Å². The van der Waals surface area contributed by atoms with Crippen LogP contribution in [0, 0.1) is 0 Å². The van der Waals surface area contributed by atoms with E-state index in [4.69, 9.17) is 16.3 Å². The fourth-order valence-electron chi connectivity index (χ4n) is 2.93. The van der Waals surface area contributed by atoms with Gasteiger partial charge in [0, 0.05) is 42.8 Å². The van der Waals surface area contributed by atoms with Gasteiger partial charge in [0.1, 0.15) is 5.75 Å². The molecule has 1 saturated heterocycles. The first kappa shape index (κ1) is 17.9. The Morgan fingerprint density at radius 3 is 3.00 bits per heavy atom. The van der Waals surface area contributed by atoms with Gasteiger partial charge in [0.05, 0.1) is 18.0 Å². The molecule has 1 aliphatic rings. The van der Waals surface area contributed by atoms with Crippen LogP contribution < -0.4 is 20.3 Å². The molecule has 3 rings (SSSR count). The molecule has 0 amide bonds. The lowest BCUT2D eigenvalue weighted by Gasteiger charge is -2.20. The number of nitrogens with one attached hydrogen (secondary N) is 2. The number of ether oxygens (including phenoxy) is 1. The molecule has 2 heterocycles. The normalized spacial score (nSPS) is 17.6. The van der Waals surface area contributed by atoms with Gasteiger partial charge in [0.15, 0.2) is 5.96 Å². The minimum absolute atomic E-state index is 0.365. The highest BCUT2D eigenvalue weighted by Gasteiger charge is 2.23. The zero-order valence-electron chi connectivity index (χ0n) is 14.5. The van der Waals surface area contributed by atoms with E-state index in [0.717, 1.165) is 42.1 Å². The smallest absolute Gasteiger partial charge is 0.191 e. The van der Waals surface area contributed by atoms with Gasteiger partial charge in [-0.05, 0) is 30.7 Å². The highest BCUT2D eigenvalue weighted by molar-refractivity contribution is 7.16. The molecule has 25 heavy (non-hydrogen) atoms. The summed E-state index contributed by atoms with van der Waals surface area (Å²) in [5.74, 6) is 1.71. The van der Waals surface area contributed by atoms with Crippen molar-refractivity contribution in [1.82, 2.24) is 10.6 Å². The second kappa shape index (κ2) is 8.45. The van der Waals surface area contributed by atoms with E-state index in [2.05, 4.69) is 32.7 Å². The third-order valence-electron chi connectivity index (χ3n) is 4.23. The highest BCUT2D eigenvalue weighted by Crippen LogP contribution is 2.24. The maximum Gasteiger partial charge on any atom is 0.191 e. The van der Waals surface area contributed by atoms with Crippen molar-refractivity contribution < 1.29 is 4.74 Å². The number of thiophene rings is 1. The zero-order chi connectivity index (χ0) is 17.6. The summed E-state index contributed by atoms with van der Waals surface area (Å²) in [4.78, 5) is 7.89. The van der Waals surface area contributed by atoms with Crippen LogP contribution in [0.3, 0.4) is 0 Å². The summed E-state index contributed by atoms with van der Waals surface area (Å²) >= 11 is 7.56. The molecule has 0 spiro atoms. The van der Waals surface area contributed by atoms with Gasteiger partial charge in [-0.25, -0.2) is 0 Å². The summed E-state index contributed by atoms with van der Waals surface area (Å²) in [6, 6.07) is 12.5. The Kier molecular flexibility index (Phi) is 6.04. The second-order valence-corrected chi connectivity index (χ2v) is 7.71. The summed E-state index contributed by atoms with van der Waals surface area (Å²) in [6.07, 6.45) is 1.07. The number of benzene rings is 1. The van der Waals surface area contributed by atoms with E-state index in [1.165, 1.54) is 10.6 Å². The van der Waals surface area contributed by atoms with Crippen LogP contribution in [0.5, 0.6) is 5.75 Å². The van der Waals surface area contributed by atoms with E-state index in [1.54, 1.807) is 25.5 Å². The van der Waals surface area contributed by atoms with E-state index >= 15 is 0 Å². The second-order valence-electron chi connectivity index (χ2n) is 5.91. The predicted molar refractivity (Wildman–Crippen MR) is 106 cm³/mol. The van der Waals surface area contributed by atoms with Crippen LogP contribution in [0.1, 0.15) is 11.3 Å². The number of guanidine groups is 1. The molecular formula is C18H23ClN4OS. The first-order chi connectivity index (χ1) is 12.2. The van der Waals surface area contributed by atoms with Crippen molar-refractivity contribution in [3.63, 3.8) is 0 Å². The number of rotatable bonds is 5. The highest BCUT2D eigenvalue weighted by atomic mass is 35.5. The standard InChI is InChI=1S/C18H23ClN4OS/c1-20-18(21-11-16-6-7-17(19)25-16)22-13-8-9-23(12-13)14-4-3-5-15(10-14)24-2/h3-7,10,13H,8-9,11-12H2,1-2H3,(H2,20,21,22). The predicted octanol–water partition coefficient (Wildman–Crippen LogP) is 3.35. The number of anilines is 1. The molecule has 0 radical (unpaired) electrons. The van der Waals surface area contributed by atoms with Gasteiger partial charge in [-0.1, -0.05) is 17.7 Å². The Balaban J connectivity index is 1.52. The van der Waals surface area contributed by atoms with E-state index in [0.29, 0.717) is 6.04 Å². The van der Waals surface area contributed by atoms with Crippen molar-refractivity contribution in [2.45, 2.75) is 19.0 Å². The van der Waals surface area contributed by atoms with Gasteiger partial charge in [-0.2, -0.15) is 0 Å². The van der Waals surface area contributed by atoms with Gasteiger partial charge in [-0.15, -0.1) is 11.3 Å². The van der Waals surface area contributed by atoms with Crippen molar-refractivity contribution in [3.8, 4) is 5.75 Å². The van der Waals surface area contributed by atoms with Gasteiger partial charge in [-0.3, -0.25) is 4.99 Å². The van der Waals surface area contributed by atoms with E-state index < -0.39 is 0 Å². The van der Waals surface area contributed by atoms with E-state index in [9.17, 15) is 0 Å². The summed E-state index contributed by atoms with van der Waals surface area (Å²) in [6.45, 7) is 2.68. The molecule has 1 aromatic heterocycles. The number of halogens is 1. The monoisotopic (exact) mass is 378 g/mol. The van der Waals surface area contributed by atoms with Gasteiger partial charge >= 0.3 is 0 Å². The largest absolute Gasteiger partial charge is 0.497 e. The Morgan fingerprint density at radius 2 is 2.28 bits per heavy atom. The number of hydrogen-bond acceptors (Lipinski definition) is 4. The molecule has 0 aliphatic carbocycles. The maximum absolute atomic E-state index is 5.97. The third kappa shape index (κ3) is 4.80. The first-order valence-corrected chi connectivity index (χ1v) is 9.48. The quantitative estimate of drug-likeness (QED) is 0.618. The van der Waals surface area contributed by atoms with Crippen LogP contribution in [0.4, 0.5) is 5.69 Å². The van der Waals surface area contributed by atoms with Gasteiger partial charge < -0.3 is 20.3 Å². The lowest BCUT2D eigenvalue weighted by atomic mass is 10.2. The third-order valence-corrected chi connectivity index (χ3v) is 5.46. The fourth-order valence-corrected chi connectivity index (χ4v) is 3.95. The number of aliphatic imine (C=N–C) groups is 1. The van der Waals surface area contributed by atoms with Crippen LogP contribution in [-0.4, -0.2) is 39.2 Å². The number of nitrogens with zero attached hydrogens (tertiary/aromatic N) is 2. The van der Waals surface area contributed by atoms with Crippen molar-refractivity contribution in [2.24, 2.45) is 4.99 Å². The Morgan fingerprint density at radius 1 is 1.40 bits per heavy atom. The summed E-state index contributed by atoms with van der Waals surface area (Å²) in [7, 11) is 3.50. The number of hydrogen-bond donors (Lipinski definition) is 2. The fraction of sp³-hybridized carbons (Fsp3) is 0.389. The molecule has 2 N–H and O–H groups in total. The van der Waals surface area contributed by atoms with Crippen LogP contribution in [-0.2, 0) is 6.54 Å². The maximum atomic E-state index is 5.97. The van der Waals surface area contributed by atoms with E-state index in [1.807, 2.05) is 24.3 Å². The minimum atomic E-state index is 0.365. The zero-order valence-corrected chi connectivity index (χ0v) is 16.0. The molecule has 0 saturated carbocycles. The average molecular weight is 379 g/mol. The molecule has 1 unspecified atom stereocenters. The Bertz CT molecular complexity index is 733. The van der Waals surface area contributed by atoms with Crippen LogP contribution in [0.25, 0.3) is 0 Å². The molecule has 1 fully saturated rings. The molecule has 7 heteroatoms. The molecule has 0 bridgehead atoms. The lowest BCUT2D eigenvalue weighted by Crippen LogP contribution is -2.44. The van der Waals surface area contributed by atoms with E-state index in [-0.39, 0.29) is 0 Å². The Hall–Kier alpha value is -1.92. The SMILES string of the molecule is CN=C(NCc1ccc(Cl)s1)NC1CCN(c2cccc(OC)c2)C1. The van der Waals surface area contributed by atoms with Crippen molar-refractivity contribution in [3.05, 3.63) is 45.6 Å². The topological polar surface area (TPSA) is 48.9 Å².